The maximum Gasteiger partial charge on any atom is 0.222 e. The molecule has 2 fully saturated rings. The highest BCUT2D eigenvalue weighted by Gasteiger charge is 2.41. The monoisotopic (exact) mass is 376 g/mol. The molecule has 0 unspecified atom stereocenters. The van der Waals surface area contributed by atoms with Gasteiger partial charge in [0.25, 0.3) is 0 Å². The van der Waals surface area contributed by atoms with Crippen LogP contribution in [0.3, 0.4) is 0 Å². The number of aromatic nitrogens is 4. The fraction of sp³-hybridized carbons (Fsp3) is 0.429. The Bertz CT molecular complexity index is 977. The molecule has 2 aliphatic rings. The van der Waals surface area contributed by atoms with Gasteiger partial charge in [-0.05, 0) is 30.2 Å². The number of nitrogens with zero attached hydrogens (tertiary/aromatic N) is 5. The molecule has 2 aliphatic heterocycles. The van der Waals surface area contributed by atoms with E-state index in [-0.39, 0.29) is 11.3 Å². The van der Waals surface area contributed by atoms with Crippen LogP contribution in [0.1, 0.15) is 31.2 Å². The van der Waals surface area contributed by atoms with Gasteiger partial charge in [-0.25, -0.2) is 15.0 Å². The van der Waals surface area contributed by atoms with Crippen molar-refractivity contribution in [1.29, 1.82) is 0 Å². The highest BCUT2D eigenvalue weighted by atomic mass is 16.2. The average molecular weight is 376 g/mol. The quantitative estimate of drug-likeness (QED) is 0.760. The third-order valence-electron chi connectivity index (χ3n) is 6.29. The van der Waals surface area contributed by atoms with Crippen molar-refractivity contribution in [3.8, 4) is 0 Å². The number of fused-ring (bicyclic) bond motifs is 1. The molecule has 4 heterocycles. The third-order valence-corrected chi connectivity index (χ3v) is 6.29. The summed E-state index contributed by atoms with van der Waals surface area (Å²) in [5, 5.41) is 0. The van der Waals surface area contributed by atoms with Crippen molar-refractivity contribution in [2.24, 2.45) is 5.41 Å². The number of amides is 1. The normalized spacial score (nSPS) is 19.5. The summed E-state index contributed by atoms with van der Waals surface area (Å²) in [6.45, 7) is 3.46. The summed E-state index contributed by atoms with van der Waals surface area (Å²) >= 11 is 0. The highest BCUT2D eigenvalue weighted by molar-refractivity contribution is 5.82. The molecule has 7 nitrogen and oxygen atoms in total. The molecule has 0 aliphatic carbocycles. The maximum absolute atomic E-state index is 12.5. The number of likely N-dealkylation sites (tertiary alicyclic amines) is 1. The number of hydrogen-bond donors (Lipinski definition) is 1. The van der Waals surface area contributed by atoms with E-state index in [4.69, 9.17) is 0 Å². The maximum atomic E-state index is 12.5. The number of aromatic amines is 1. The van der Waals surface area contributed by atoms with Crippen molar-refractivity contribution in [2.45, 2.75) is 32.2 Å². The second kappa shape index (κ2) is 6.89. The molecule has 1 spiro atoms. The number of carbonyl (C=O) groups is 1. The molecule has 1 N–H and O–H groups in total. The molecule has 0 radical (unpaired) electrons. The van der Waals surface area contributed by atoms with Crippen molar-refractivity contribution in [3.05, 3.63) is 48.5 Å². The fourth-order valence-corrected chi connectivity index (χ4v) is 4.64. The minimum absolute atomic E-state index is 0.222. The van der Waals surface area contributed by atoms with Crippen LogP contribution in [-0.2, 0) is 11.3 Å². The number of piperidine rings is 2. The lowest BCUT2D eigenvalue weighted by Crippen LogP contribution is -2.51. The largest absolute Gasteiger partial charge is 0.355 e. The molecule has 3 aromatic rings. The number of hydrogen-bond acceptors (Lipinski definition) is 5. The molecule has 0 saturated carbocycles. The third kappa shape index (κ3) is 3.10. The van der Waals surface area contributed by atoms with Crippen molar-refractivity contribution in [1.82, 2.24) is 24.8 Å². The van der Waals surface area contributed by atoms with E-state index in [0.29, 0.717) is 18.6 Å². The highest BCUT2D eigenvalue weighted by Crippen LogP contribution is 2.41. The Hall–Kier alpha value is -2.96. The van der Waals surface area contributed by atoms with Crippen molar-refractivity contribution in [2.75, 3.05) is 24.5 Å². The Morgan fingerprint density at radius 1 is 1.04 bits per heavy atom. The van der Waals surface area contributed by atoms with Crippen LogP contribution in [0.25, 0.3) is 11.2 Å². The molecule has 28 heavy (non-hydrogen) atoms. The Morgan fingerprint density at radius 3 is 2.68 bits per heavy atom. The van der Waals surface area contributed by atoms with Gasteiger partial charge in [0, 0.05) is 32.6 Å². The predicted octanol–water partition coefficient (Wildman–Crippen LogP) is 2.76. The lowest BCUT2D eigenvalue weighted by atomic mass is 9.72. The number of anilines is 1. The van der Waals surface area contributed by atoms with Crippen molar-refractivity contribution >= 4 is 22.9 Å². The van der Waals surface area contributed by atoms with Gasteiger partial charge in [0.05, 0.1) is 6.33 Å². The number of benzene rings is 1. The first-order valence-electron chi connectivity index (χ1n) is 9.93. The van der Waals surface area contributed by atoms with Crippen LogP contribution in [-0.4, -0.2) is 50.4 Å². The van der Waals surface area contributed by atoms with Gasteiger partial charge in [-0.15, -0.1) is 0 Å². The van der Waals surface area contributed by atoms with Crippen LogP contribution in [0.15, 0.2) is 43.0 Å². The lowest BCUT2D eigenvalue weighted by molar-refractivity contribution is -0.139. The lowest BCUT2D eigenvalue weighted by Gasteiger charge is -2.47. The van der Waals surface area contributed by atoms with E-state index in [2.05, 4.69) is 41.9 Å². The standard InChI is InChI=1S/C21H24N6O/c28-17-6-7-21(13-27(17)12-16-4-2-1-3-5-16)8-10-26(11-9-21)20-18-19(23-14-22-18)24-15-25-20/h1-5,14-15H,6-13H2,(H,22,23,24,25). The molecule has 0 bridgehead atoms. The van der Waals surface area contributed by atoms with Gasteiger partial charge < -0.3 is 14.8 Å². The Labute approximate surface area is 163 Å². The van der Waals surface area contributed by atoms with E-state index in [0.717, 1.165) is 50.2 Å². The summed E-state index contributed by atoms with van der Waals surface area (Å²) < 4.78 is 0. The summed E-state index contributed by atoms with van der Waals surface area (Å²) in [5.74, 6) is 1.22. The molecule has 5 rings (SSSR count). The van der Waals surface area contributed by atoms with Crippen LogP contribution in [0.2, 0.25) is 0 Å². The van der Waals surface area contributed by atoms with E-state index in [1.807, 2.05) is 18.2 Å². The number of H-pyrrole nitrogens is 1. The number of carbonyl (C=O) groups excluding carboxylic acids is 1. The zero-order valence-corrected chi connectivity index (χ0v) is 15.8. The van der Waals surface area contributed by atoms with Crippen LogP contribution in [0.4, 0.5) is 5.82 Å². The SMILES string of the molecule is O=C1CCC2(CCN(c3ncnc4nc[nH]c34)CC2)CN1Cc1ccccc1. The molecule has 2 aromatic heterocycles. The summed E-state index contributed by atoms with van der Waals surface area (Å²) in [7, 11) is 0. The molecular formula is C21H24N6O. The van der Waals surface area contributed by atoms with Crippen LogP contribution in [0.5, 0.6) is 0 Å². The van der Waals surface area contributed by atoms with Gasteiger partial charge in [-0.1, -0.05) is 30.3 Å². The fourth-order valence-electron chi connectivity index (χ4n) is 4.64. The minimum Gasteiger partial charge on any atom is -0.355 e. The van der Waals surface area contributed by atoms with Gasteiger partial charge in [-0.3, -0.25) is 4.79 Å². The second-order valence-electron chi connectivity index (χ2n) is 8.02. The Morgan fingerprint density at radius 2 is 1.86 bits per heavy atom. The van der Waals surface area contributed by atoms with E-state index in [9.17, 15) is 4.79 Å². The molecule has 0 atom stereocenters. The first-order chi connectivity index (χ1) is 13.7. The van der Waals surface area contributed by atoms with Crippen LogP contribution < -0.4 is 4.90 Å². The summed E-state index contributed by atoms with van der Waals surface area (Å²) in [6, 6.07) is 10.3. The molecule has 1 aromatic carbocycles. The first kappa shape index (κ1) is 17.2. The van der Waals surface area contributed by atoms with Crippen molar-refractivity contribution < 1.29 is 4.79 Å². The van der Waals surface area contributed by atoms with E-state index in [1.54, 1.807) is 12.7 Å². The van der Waals surface area contributed by atoms with Crippen molar-refractivity contribution in [3.63, 3.8) is 0 Å². The second-order valence-corrected chi connectivity index (χ2v) is 8.02. The van der Waals surface area contributed by atoms with E-state index < -0.39 is 0 Å². The van der Waals surface area contributed by atoms with E-state index >= 15 is 0 Å². The smallest absolute Gasteiger partial charge is 0.222 e. The first-order valence-corrected chi connectivity index (χ1v) is 9.93. The number of nitrogens with one attached hydrogen (secondary N) is 1. The predicted molar refractivity (Wildman–Crippen MR) is 107 cm³/mol. The summed E-state index contributed by atoms with van der Waals surface area (Å²) in [5.41, 5.74) is 3.04. The number of rotatable bonds is 3. The van der Waals surface area contributed by atoms with Crippen LogP contribution in [0, 0.1) is 5.41 Å². The molecule has 2 saturated heterocycles. The summed E-state index contributed by atoms with van der Waals surface area (Å²) in [6.07, 6.45) is 7.06. The van der Waals surface area contributed by atoms with E-state index in [1.165, 1.54) is 5.56 Å². The molecule has 144 valence electrons. The van der Waals surface area contributed by atoms with Gasteiger partial charge in [0.15, 0.2) is 11.5 Å². The van der Waals surface area contributed by atoms with Gasteiger partial charge in [-0.2, -0.15) is 0 Å². The van der Waals surface area contributed by atoms with Gasteiger partial charge in [0.2, 0.25) is 5.91 Å². The topological polar surface area (TPSA) is 78.0 Å². The van der Waals surface area contributed by atoms with Gasteiger partial charge >= 0.3 is 0 Å². The average Bonchev–Trinajstić information content (AvgIpc) is 3.21. The zero-order chi connectivity index (χ0) is 19.0. The molecule has 7 heteroatoms. The molecular weight excluding hydrogens is 352 g/mol. The minimum atomic E-state index is 0.222. The Kier molecular flexibility index (Phi) is 4.22. The zero-order valence-electron chi connectivity index (χ0n) is 15.8. The summed E-state index contributed by atoms with van der Waals surface area (Å²) in [4.78, 5) is 33.0. The molecule has 1 amide bonds. The Balaban J connectivity index is 1.30. The van der Waals surface area contributed by atoms with Crippen LogP contribution >= 0.6 is 0 Å². The number of imidazole rings is 1. The van der Waals surface area contributed by atoms with Gasteiger partial charge in [0.1, 0.15) is 11.8 Å².